The van der Waals surface area contributed by atoms with Gasteiger partial charge in [0, 0.05) is 11.1 Å². The van der Waals surface area contributed by atoms with E-state index in [-0.39, 0.29) is 28.3 Å². The molecule has 0 atom stereocenters. The Kier molecular flexibility index (Phi) is 3.55. The highest BCUT2D eigenvalue weighted by molar-refractivity contribution is 5.73. The minimum Gasteiger partial charge on any atom is -0.507 e. The van der Waals surface area contributed by atoms with Crippen LogP contribution in [-0.2, 0) is 6.18 Å². The van der Waals surface area contributed by atoms with Gasteiger partial charge in [-0.3, -0.25) is 5.10 Å². The van der Waals surface area contributed by atoms with E-state index in [4.69, 9.17) is 0 Å². The van der Waals surface area contributed by atoms with Crippen LogP contribution in [0, 0.1) is 5.82 Å². The zero-order valence-electron chi connectivity index (χ0n) is 11.5. The van der Waals surface area contributed by atoms with E-state index in [1.54, 1.807) is 0 Å². The normalized spacial score (nSPS) is 11.7. The monoisotopic (exact) mass is 322 g/mol. The number of hydrogen-bond donors (Lipinski definition) is 2. The van der Waals surface area contributed by atoms with Gasteiger partial charge in [-0.1, -0.05) is 18.2 Å². The van der Waals surface area contributed by atoms with Crippen LogP contribution in [0.5, 0.6) is 5.75 Å². The van der Waals surface area contributed by atoms with Gasteiger partial charge in [0.15, 0.2) is 0 Å². The van der Waals surface area contributed by atoms with Crippen molar-refractivity contribution >= 4 is 0 Å². The van der Waals surface area contributed by atoms with Gasteiger partial charge in [-0.15, -0.1) is 0 Å². The lowest BCUT2D eigenvalue weighted by molar-refractivity contribution is -0.137. The Morgan fingerprint density at radius 3 is 2.43 bits per heavy atom. The SMILES string of the molecule is Oc1ccc(F)cc1-c1cc(-c2ccccc2C(F)(F)F)[nH]n1. The summed E-state index contributed by atoms with van der Waals surface area (Å²) in [5, 5.41) is 16.1. The summed E-state index contributed by atoms with van der Waals surface area (Å²) in [7, 11) is 0. The fourth-order valence-corrected chi connectivity index (χ4v) is 2.28. The van der Waals surface area contributed by atoms with Crippen LogP contribution in [0.25, 0.3) is 22.5 Å². The Morgan fingerprint density at radius 2 is 1.70 bits per heavy atom. The van der Waals surface area contributed by atoms with Gasteiger partial charge in [-0.25, -0.2) is 4.39 Å². The van der Waals surface area contributed by atoms with Crippen LogP contribution in [0.4, 0.5) is 17.6 Å². The lowest BCUT2D eigenvalue weighted by Gasteiger charge is -2.10. The Morgan fingerprint density at radius 1 is 0.957 bits per heavy atom. The number of aromatic hydroxyl groups is 1. The predicted octanol–water partition coefficient (Wildman–Crippen LogP) is 4.61. The topological polar surface area (TPSA) is 48.9 Å². The Balaban J connectivity index is 2.09. The van der Waals surface area contributed by atoms with E-state index in [0.29, 0.717) is 0 Å². The van der Waals surface area contributed by atoms with Gasteiger partial charge in [0.05, 0.1) is 17.0 Å². The van der Waals surface area contributed by atoms with Crippen molar-refractivity contribution in [1.82, 2.24) is 10.2 Å². The second-order valence-corrected chi connectivity index (χ2v) is 4.87. The van der Waals surface area contributed by atoms with E-state index < -0.39 is 17.6 Å². The molecule has 3 rings (SSSR count). The number of nitrogens with one attached hydrogen (secondary N) is 1. The highest BCUT2D eigenvalue weighted by atomic mass is 19.4. The third kappa shape index (κ3) is 2.90. The van der Waals surface area contributed by atoms with E-state index >= 15 is 0 Å². The average molecular weight is 322 g/mol. The average Bonchev–Trinajstić information content (AvgIpc) is 2.98. The molecule has 0 amide bonds. The van der Waals surface area contributed by atoms with Gasteiger partial charge in [0.1, 0.15) is 11.6 Å². The van der Waals surface area contributed by atoms with Crippen LogP contribution in [0.15, 0.2) is 48.5 Å². The summed E-state index contributed by atoms with van der Waals surface area (Å²) in [5.74, 6) is -0.799. The van der Waals surface area contributed by atoms with Crippen molar-refractivity contribution in [3.63, 3.8) is 0 Å². The van der Waals surface area contributed by atoms with Gasteiger partial charge >= 0.3 is 6.18 Å². The Bertz CT molecular complexity index is 855. The third-order valence-corrected chi connectivity index (χ3v) is 3.34. The van der Waals surface area contributed by atoms with Crippen molar-refractivity contribution < 1.29 is 22.7 Å². The molecule has 0 bridgehead atoms. The van der Waals surface area contributed by atoms with Gasteiger partial charge < -0.3 is 5.11 Å². The molecule has 23 heavy (non-hydrogen) atoms. The number of rotatable bonds is 2. The summed E-state index contributed by atoms with van der Waals surface area (Å²) in [6.07, 6.45) is -4.51. The number of H-pyrrole nitrogens is 1. The first-order chi connectivity index (χ1) is 10.9. The van der Waals surface area contributed by atoms with Crippen molar-refractivity contribution in [3.05, 3.63) is 59.9 Å². The maximum absolute atomic E-state index is 13.3. The zero-order valence-corrected chi connectivity index (χ0v) is 11.5. The Labute approximate surface area is 128 Å². The smallest absolute Gasteiger partial charge is 0.417 e. The minimum absolute atomic E-state index is 0.0744. The molecule has 0 fully saturated rings. The summed E-state index contributed by atoms with van der Waals surface area (Å²) in [4.78, 5) is 0. The first-order valence-electron chi connectivity index (χ1n) is 6.57. The number of phenolic OH excluding ortho intramolecular Hbond substituents is 1. The lowest BCUT2D eigenvalue weighted by atomic mass is 10.0. The highest BCUT2D eigenvalue weighted by Gasteiger charge is 2.33. The molecule has 0 saturated heterocycles. The number of halogens is 4. The maximum atomic E-state index is 13.3. The molecule has 118 valence electrons. The van der Waals surface area contributed by atoms with Crippen molar-refractivity contribution in [2.45, 2.75) is 6.18 Å². The second-order valence-electron chi connectivity index (χ2n) is 4.87. The summed E-state index contributed by atoms with van der Waals surface area (Å²) in [6, 6.07) is 9.67. The number of phenols is 1. The molecule has 2 N–H and O–H groups in total. The molecule has 1 aromatic heterocycles. The summed E-state index contributed by atoms with van der Waals surface area (Å²) >= 11 is 0. The molecule has 0 aliphatic rings. The molecule has 0 aliphatic carbocycles. The van der Waals surface area contributed by atoms with Gasteiger partial charge in [-0.2, -0.15) is 18.3 Å². The molecule has 0 aliphatic heterocycles. The maximum Gasteiger partial charge on any atom is 0.417 e. The zero-order chi connectivity index (χ0) is 16.6. The molecule has 1 heterocycles. The fourth-order valence-electron chi connectivity index (χ4n) is 2.28. The largest absolute Gasteiger partial charge is 0.507 e. The highest BCUT2D eigenvalue weighted by Crippen LogP contribution is 2.37. The number of nitrogens with zero attached hydrogens (tertiary/aromatic N) is 1. The lowest BCUT2D eigenvalue weighted by Crippen LogP contribution is -2.06. The first-order valence-corrected chi connectivity index (χ1v) is 6.57. The van der Waals surface area contributed by atoms with Crippen LogP contribution in [0.3, 0.4) is 0 Å². The van der Waals surface area contributed by atoms with Crippen molar-refractivity contribution in [3.8, 4) is 28.3 Å². The molecule has 3 nitrogen and oxygen atoms in total. The van der Waals surface area contributed by atoms with Gasteiger partial charge in [0.25, 0.3) is 0 Å². The van der Waals surface area contributed by atoms with Crippen molar-refractivity contribution in [2.75, 3.05) is 0 Å². The summed E-state index contributed by atoms with van der Waals surface area (Å²) < 4.78 is 52.5. The summed E-state index contributed by atoms with van der Waals surface area (Å²) in [6.45, 7) is 0. The van der Waals surface area contributed by atoms with Gasteiger partial charge in [0.2, 0.25) is 0 Å². The molecule has 3 aromatic rings. The molecule has 0 spiro atoms. The second kappa shape index (κ2) is 5.42. The van der Waals surface area contributed by atoms with E-state index in [2.05, 4.69) is 10.2 Å². The number of hydrogen-bond acceptors (Lipinski definition) is 2. The first kappa shape index (κ1) is 15.1. The van der Waals surface area contributed by atoms with E-state index in [1.165, 1.54) is 24.3 Å². The van der Waals surface area contributed by atoms with Gasteiger partial charge in [-0.05, 0) is 30.3 Å². The molecule has 0 saturated carbocycles. The van der Waals surface area contributed by atoms with E-state index in [0.717, 1.165) is 24.3 Å². The van der Waals surface area contributed by atoms with Crippen LogP contribution in [-0.4, -0.2) is 15.3 Å². The minimum atomic E-state index is -4.51. The molecule has 7 heteroatoms. The van der Waals surface area contributed by atoms with Crippen molar-refractivity contribution in [2.24, 2.45) is 0 Å². The molecule has 0 unspecified atom stereocenters. The van der Waals surface area contributed by atoms with E-state index in [9.17, 15) is 22.7 Å². The summed E-state index contributed by atoms with van der Waals surface area (Å²) in [5.41, 5.74) is -0.518. The number of alkyl halides is 3. The Hall–Kier alpha value is -2.83. The standard InChI is InChI=1S/C16H10F4N2O/c17-9-5-6-15(23)11(7-9)14-8-13(21-22-14)10-3-1-2-4-12(10)16(18,19)20/h1-8,23H,(H,21,22). The number of aromatic nitrogens is 2. The number of aromatic amines is 1. The van der Waals surface area contributed by atoms with Crippen LogP contribution in [0.1, 0.15) is 5.56 Å². The predicted molar refractivity (Wildman–Crippen MR) is 76.1 cm³/mol. The molecular weight excluding hydrogens is 312 g/mol. The quantitative estimate of drug-likeness (QED) is 0.677. The fraction of sp³-hybridized carbons (Fsp3) is 0.0625. The molecule has 2 aromatic carbocycles. The van der Waals surface area contributed by atoms with Crippen LogP contribution < -0.4 is 0 Å². The molecular formula is C16H10F4N2O. The van der Waals surface area contributed by atoms with E-state index in [1.807, 2.05) is 0 Å². The van der Waals surface area contributed by atoms with Crippen molar-refractivity contribution in [1.29, 1.82) is 0 Å². The third-order valence-electron chi connectivity index (χ3n) is 3.34. The van der Waals surface area contributed by atoms with Crippen LogP contribution >= 0.6 is 0 Å². The van der Waals surface area contributed by atoms with Crippen LogP contribution in [0.2, 0.25) is 0 Å². The number of benzene rings is 2. The molecule has 0 radical (unpaired) electrons.